The smallest absolute Gasteiger partial charge is 0.254 e. The highest BCUT2D eigenvalue weighted by molar-refractivity contribution is 9.10. The van der Waals surface area contributed by atoms with Crippen molar-refractivity contribution in [1.29, 1.82) is 0 Å². The molecule has 1 amide bonds. The molecule has 5 nitrogen and oxygen atoms in total. The maximum atomic E-state index is 13.1. The lowest BCUT2D eigenvalue weighted by atomic mass is 10.0. The summed E-state index contributed by atoms with van der Waals surface area (Å²) in [4.78, 5) is 23.6. The number of halogens is 1. The Morgan fingerprint density at radius 3 is 2.86 bits per heavy atom. The van der Waals surface area contributed by atoms with Crippen LogP contribution in [0.2, 0.25) is 0 Å². The molecule has 144 valence electrons. The molecule has 0 atom stereocenters. The lowest BCUT2D eigenvalue weighted by Crippen LogP contribution is -2.36. The monoisotopic (exact) mass is 447 g/mol. The van der Waals surface area contributed by atoms with Gasteiger partial charge in [-0.3, -0.25) is 9.78 Å². The van der Waals surface area contributed by atoms with Crippen molar-refractivity contribution in [3.8, 4) is 17.6 Å². The molecular formula is C23H18BrN3O2. The number of rotatable bonds is 2. The molecule has 0 unspecified atom stereocenters. The van der Waals surface area contributed by atoms with E-state index in [1.54, 1.807) is 37.7 Å². The molecule has 3 heterocycles. The van der Waals surface area contributed by atoms with Crippen LogP contribution in [0, 0.1) is 11.8 Å². The standard InChI is InChI=1S/C23H18BrN3O2/c1-29-22-8-6-17(12-16(22)5-7-20-4-2-3-10-25-20)23(28)27-11-9-21-18(15-27)13-19(24)14-26-21/h2-4,6,8,10,12-14H,9,11,15H2,1H3. The van der Waals surface area contributed by atoms with E-state index in [4.69, 9.17) is 4.74 Å². The topological polar surface area (TPSA) is 55.3 Å². The summed E-state index contributed by atoms with van der Waals surface area (Å²) in [5.74, 6) is 6.70. The number of benzene rings is 1. The van der Waals surface area contributed by atoms with Gasteiger partial charge in [0.2, 0.25) is 0 Å². The van der Waals surface area contributed by atoms with E-state index in [9.17, 15) is 4.79 Å². The first-order valence-corrected chi connectivity index (χ1v) is 9.97. The molecule has 1 aliphatic heterocycles. The van der Waals surface area contributed by atoms with Gasteiger partial charge in [0.25, 0.3) is 5.91 Å². The minimum Gasteiger partial charge on any atom is -0.495 e. The number of hydrogen-bond acceptors (Lipinski definition) is 4. The average molecular weight is 448 g/mol. The molecule has 1 aromatic carbocycles. The molecule has 0 radical (unpaired) electrons. The molecule has 0 aliphatic carbocycles. The third kappa shape index (κ3) is 4.30. The van der Waals surface area contributed by atoms with Gasteiger partial charge in [-0.05, 0) is 63.8 Å². The van der Waals surface area contributed by atoms with Crippen molar-refractivity contribution in [3.05, 3.63) is 87.4 Å². The van der Waals surface area contributed by atoms with Gasteiger partial charge in [0.1, 0.15) is 11.4 Å². The fourth-order valence-corrected chi connectivity index (χ4v) is 3.64. The van der Waals surface area contributed by atoms with Crippen LogP contribution in [0.25, 0.3) is 0 Å². The van der Waals surface area contributed by atoms with Crippen molar-refractivity contribution in [2.45, 2.75) is 13.0 Å². The zero-order valence-electron chi connectivity index (χ0n) is 15.9. The van der Waals surface area contributed by atoms with Crippen molar-refractivity contribution < 1.29 is 9.53 Å². The zero-order valence-corrected chi connectivity index (χ0v) is 17.4. The predicted octanol–water partition coefficient (Wildman–Crippen LogP) is 3.85. The van der Waals surface area contributed by atoms with Gasteiger partial charge in [-0.25, -0.2) is 4.98 Å². The number of hydrogen-bond donors (Lipinski definition) is 0. The molecule has 4 rings (SSSR count). The number of nitrogens with zero attached hydrogens (tertiary/aromatic N) is 3. The van der Waals surface area contributed by atoms with Gasteiger partial charge in [0, 0.05) is 47.6 Å². The number of ether oxygens (including phenoxy) is 1. The normalized spacial score (nSPS) is 12.6. The van der Waals surface area contributed by atoms with Gasteiger partial charge in [-0.2, -0.15) is 0 Å². The molecule has 2 aromatic heterocycles. The summed E-state index contributed by atoms with van der Waals surface area (Å²) in [5.41, 5.74) is 4.03. The fourth-order valence-electron chi connectivity index (χ4n) is 3.26. The number of fused-ring (bicyclic) bond motifs is 1. The van der Waals surface area contributed by atoms with Crippen molar-refractivity contribution >= 4 is 21.8 Å². The number of amides is 1. The molecule has 3 aromatic rings. The number of aromatic nitrogens is 2. The maximum absolute atomic E-state index is 13.1. The Balaban J connectivity index is 1.60. The largest absolute Gasteiger partial charge is 0.495 e. The van der Waals surface area contributed by atoms with Crippen molar-refractivity contribution in [1.82, 2.24) is 14.9 Å². The summed E-state index contributed by atoms with van der Waals surface area (Å²) in [5, 5.41) is 0. The van der Waals surface area contributed by atoms with Crippen LogP contribution in [0.4, 0.5) is 0 Å². The van der Waals surface area contributed by atoms with E-state index >= 15 is 0 Å². The summed E-state index contributed by atoms with van der Waals surface area (Å²) in [6.45, 7) is 1.18. The molecule has 1 aliphatic rings. The lowest BCUT2D eigenvalue weighted by molar-refractivity contribution is 0.0733. The predicted molar refractivity (Wildman–Crippen MR) is 114 cm³/mol. The minimum atomic E-state index is -0.0286. The van der Waals surface area contributed by atoms with E-state index in [1.807, 2.05) is 29.2 Å². The van der Waals surface area contributed by atoms with Gasteiger partial charge in [-0.15, -0.1) is 0 Å². The highest BCUT2D eigenvalue weighted by atomic mass is 79.9. The van der Waals surface area contributed by atoms with Crippen LogP contribution in [-0.2, 0) is 13.0 Å². The Morgan fingerprint density at radius 2 is 2.07 bits per heavy atom. The van der Waals surface area contributed by atoms with Crippen LogP contribution in [0.3, 0.4) is 0 Å². The van der Waals surface area contributed by atoms with Crippen LogP contribution in [0.1, 0.15) is 32.9 Å². The highest BCUT2D eigenvalue weighted by Gasteiger charge is 2.23. The summed E-state index contributed by atoms with van der Waals surface area (Å²) < 4.78 is 6.33. The fraction of sp³-hybridized carbons (Fsp3) is 0.174. The summed E-state index contributed by atoms with van der Waals surface area (Å²) >= 11 is 3.45. The van der Waals surface area contributed by atoms with Crippen LogP contribution in [0.5, 0.6) is 5.75 Å². The van der Waals surface area contributed by atoms with Crippen LogP contribution in [-0.4, -0.2) is 34.4 Å². The van der Waals surface area contributed by atoms with Crippen molar-refractivity contribution in [2.75, 3.05) is 13.7 Å². The Labute approximate surface area is 177 Å². The summed E-state index contributed by atoms with van der Waals surface area (Å²) in [7, 11) is 1.59. The van der Waals surface area contributed by atoms with Gasteiger partial charge in [-0.1, -0.05) is 12.0 Å². The molecule has 29 heavy (non-hydrogen) atoms. The number of pyridine rings is 2. The zero-order chi connectivity index (χ0) is 20.2. The third-order valence-corrected chi connectivity index (χ3v) is 5.16. The second-order valence-electron chi connectivity index (χ2n) is 6.62. The Morgan fingerprint density at radius 1 is 1.17 bits per heavy atom. The lowest BCUT2D eigenvalue weighted by Gasteiger charge is -2.28. The first-order valence-electron chi connectivity index (χ1n) is 9.17. The van der Waals surface area contributed by atoms with E-state index in [2.05, 4.69) is 37.7 Å². The molecule has 0 bridgehead atoms. The summed E-state index contributed by atoms with van der Waals surface area (Å²) in [6, 6.07) is 12.9. The SMILES string of the molecule is COc1ccc(C(=O)N2CCc3ncc(Br)cc3C2)cc1C#Cc1ccccn1. The highest BCUT2D eigenvalue weighted by Crippen LogP contribution is 2.24. The number of methoxy groups -OCH3 is 1. The molecule has 0 saturated carbocycles. The Bertz CT molecular complexity index is 1120. The molecular weight excluding hydrogens is 430 g/mol. The first-order chi connectivity index (χ1) is 14.1. The Kier molecular flexibility index (Phi) is 5.59. The quantitative estimate of drug-likeness (QED) is 0.559. The van der Waals surface area contributed by atoms with Crippen molar-refractivity contribution in [2.24, 2.45) is 0 Å². The Hall–Kier alpha value is -3.17. The first kappa shape index (κ1) is 19.2. The van der Waals surface area contributed by atoms with Crippen LogP contribution >= 0.6 is 15.9 Å². The van der Waals surface area contributed by atoms with Gasteiger partial charge in [0.15, 0.2) is 0 Å². The maximum Gasteiger partial charge on any atom is 0.254 e. The van der Waals surface area contributed by atoms with E-state index in [-0.39, 0.29) is 5.91 Å². The van der Waals surface area contributed by atoms with Crippen LogP contribution in [0.15, 0.2) is 59.3 Å². The average Bonchev–Trinajstić information content (AvgIpc) is 2.77. The third-order valence-electron chi connectivity index (χ3n) is 4.73. The second-order valence-corrected chi connectivity index (χ2v) is 7.53. The van der Waals surface area contributed by atoms with E-state index in [0.717, 1.165) is 22.2 Å². The van der Waals surface area contributed by atoms with Gasteiger partial charge < -0.3 is 9.64 Å². The van der Waals surface area contributed by atoms with E-state index in [0.29, 0.717) is 35.7 Å². The molecule has 0 saturated heterocycles. The minimum absolute atomic E-state index is 0.0286. The van der Waals surface area contributed by atoms with Gasteiger partial charge in [0.05, 0.1) is 12.7 Å². The molecule has 0 fully saturated rings. The van der Waals surface area contributed by atoms with Crippen molar-refractivity contribution in [3.63, 3.8) is 0 Å². The molecule has 0 spiro atoms. The number of carbonyl (C=O) groups is 1. The van der Waals surface area contributed by atoms with E-state index in [1.165, 1.54) is 0 Å². The molecule has 0 N–H and O–H groups in total. The van der Waals surface area contributed by atoms with E-state index < -0.39 is 0 Å². The second kappa shape index (κ2) is 8.46. The van der Waals surface area contributed by atoms with Gasteiger partial charge >= 0.3 is 0 Å². The summed E-state index contributed by atoms with van der Waals surface area (Å²) in [6.07, 6.45) is 4.24. The van der Waals surface area contributed by atoms with Crippen LogP contribution < -0.4 is 4.74 Å². The molecule has 6 heteroatoms. The number of carbonyl (C=O) groups excluding carboxylic acids is 1.